The number of para-hydroxylation sites is 1. The minimum Gasteiger partial charge on any atom is -0.488 e. The number of halogens is 1. The third-order valence-corrected chi connectivity index (χ3v) is 4.75. The van der Waals surface area contributed by atoms with Crippen LogP contribution in [0.5, 0.6) is 5.75 Å². The molecule has 2 aromatic carbocycles. The van der Waals surface area contributed by atoms with Crippen molar-refractivity contribution in [2.75, 3.05) is 0 Å². The summed E-state index contributed by atoms with van der Waals surface area (Å²) in [6, 6.07) is 15.4. The van der Waals surface area contributed by atoms with E-state index < -0.39 is 0 Å². The Bertz CT molecular complexity index is 635. The molecule has 0 spiro atoms. The van der Waals surface area contributed by atoms with E-state index >= 15 is 0 Å². The number of hydrogen-bond acceptors (Lipinski definition) is 2. The molecular formula is C21H26FNO. The second kappa shape index (κ2) is 8.84. The van der Waals surface area contributed by atoms with Crippen LogP contribution in [0.2, 0.25) is 0 Å². The average Bonchev–Trinajstić information content (AvgIpc) is 2.89. The molecule has 0 radical (unpaired) electrons. The Morgan fingerprint density at radius 3 is 2.29 bits per heavy atom. The molecule has 1 saturated carbocycles. The van der Waals surface area contributed by atoms with Crippen LogP contribution in [0.1, 0.15) is 49.7 Å². The van der Waals surface area contributed by atoms with Crippen LogP contribution >= 0.6 is 0 Å². The Hall–Kier alpha value is -1.87. The Kier molecular flexibility index (Phi) is 6.25. The van der Waals surface area contributed by atoms with Crippen LogP contribution < -0.4 is 10.1 Å². The third-order valence-electron chi connectivity index (χ3n) is 4.75. The number of benzene rings is 2. The number of rotatable bonds is 6. The van der Waals surface area contributed by atoms with Gasteiger partial charge in [-0.1, -0.05) is 62.1 Å². The van der Waals surface area contributed by atoms with Crippen LogP contribution in [0.4, 0.5) is 4.39 Å². The molecule has 0 bridgehead atoms. The summed E-state index contributed by atoms with van der Waals surface area (Å²) in [7, 11) is 0. The predicted molar refractivity (Wildman–Crippen MR) is 95.5 cm³/mol. The quantitative estimate of drug-likeness (QED) is 0.735. The van der Waals surface area contributed by atoms with E-state index in [0.29, 0.717) is 11.6 Å². The normalized spacial score (nSPS) is 15.9. The zero-order chi connectivity index (χ0) is 16.6. The largest absolute Gasteiger partial charge is 0.488 e. The fourth-order valence-electron chi connectivity index (χ4n) is 3.30. The van der Waals surface area contributed by atoms with E-state index in [-0.39, 0.29) is 12.4 Å². The van der Waals surface area contributed by atoms with Gasteiger partial charge in [-0.15, -0.1) is 0 Å². The Morgan fingerprint density at radius 1 is 0.875 bits per heavy atom. The molecule has 0 heterocycles. The molecule has 128 valence electrons. The highest BCUT2D eigenvalue weighted by Crippen LogP contribution is 2.22. The minimum absolute atomic E-state index is 0.216. The predicted octanol–water partition coefficient (Wildman–Crippen LogP) is 5.22. The fourth-order valence-corrected chi connectivity index (χ4v) is 3.30. The summed E-state index contributed by atoms with van der Waals surface area (Å²) in [6.07, 6.45) is 7.89. The molecule has 1 N–H and O–H groups in total. The summed E-state index contributed by atoms with van der Waals surface area (Å²) in [5, 5.41) is 3.67. The van der Waals surface area contributed by atoms with Crippen molar-refractivity contribution in [3.63, 3.8) is 0 Å². The van der Waals surface area contributed by atoms with Gasteiger partial charge >= 0.3 is 0 Å². The number of hydrogen-bond donors (Lipinski definition) is 1. The van der Waals surface area contributed by atoms with E-state index in [1.165, 1.54) is 44.6 Å². The van der Waals surface area contributed by atoms with E-state index in [1.54, 1.807) is 12.1 Å². The van der Waals surface area contributed by atoms with Crippen LogP contribution in [0.25, 0.3) is 0 Å². The molecule has 0 atom stereocenters. The fraction of sp³-hybridized carbons (Fsp3) is 0.429. The molecule has 3 heteroatoms. The van der Waals surface area contributed by atoms with Crippen LogP contribution in [0, 0.1) is 5.82 Å². The first-order chi connectivity index (χ1) is 11.8. The first-order valence-corrected chi connectivity index (χ1v) is 9.00. The maximum absolute atomic E-state index is 13.7. The zero-order valence-corrected chi connectivity index (χ0v) is 14.1. The standard InChI is InChI=1S/C21H26FNO/c22-20-13-7-5-10-18(20)16-24-21-14-8-6-9-17(21)15-23-19-11-3-1-2-4-12-19/h5-10,13-14,19,23H,1-4,11-12,15-16H2. The lowest BCUT2D eigenvalue weighted by atomic mass is 10.1. The molecule has 0 aliphatic heterocycles. The Balaban J connectivity index is 1.59. The third kappa shape index (κ3) is 4.81. The van der Waals surface area contributed by atoms with Gasteiger partial charge in [0, 0.05) is 23.7 Å². The highest BCUT2D eigenvalue weighted by Gasteiger charge is 2.12. The van der Waals surface area contributed by atoms with Gasteiger partial charge in [0.25, 0.3) is 0 Å². The molecule has 2 nitrogen and oxygen atoms in total. The molecule has 1 fully saturated rings. The molecule has 24 heavy (non-hydrogen) atoms. The summed E-state index contributed by atoms with van der Waals surface area (Å²) in [6.45, 7) is 1.06. The van der Waals surface area contributed by atoms with Crippen molar-refractivity contribution >= 4 is 0 Å². The van der Waals surface area contributed by atoms with Gasteiger partial charge in [0.15, 0.2) is 0 Å². The van der Waals surface area contributed by atoms with Gasteiger partial charge in [0.05, 0.1) is 0 Å². The topological polar surface area (TPSA) is 21.3 Å². The van der Waals surface area contributed by atoms with Gasteiger partial charge in [-0.25, -0.2) is 4.39 Å². The van der Waals surface area contributed by atoms with Gasteiger partial charge < -0.3 is 10.1 Å². The van der Waals surface area contributed by atoms with E-state index in [1.807, 2.05) is 24.3 Å². The monoisotopic (exact) mass is 327 g/mol. The summed E-state index contributed by atoms with van der Waals surface area (Å²) < 4.78 is 19.6. The van der Waals surface area contributed by atoms with E-state index in [9.17, 15) is 4.39 Å². The van der Waals surface area contributed by atoms with Gasteiger partial charge in [-0.05, 0) is 25.0 Å². The number of nitrogens with one attached hydrogen (secondary N) is 1. The molecule has 0 amide bonds. The van der Waals surface area contributed by atoms with Crippen LogP contribution in [0.3, 0.4) is 0 Å². The smallest absolute Gasteiger partial charge is 0.129 e. The molecule has 1 aliphatic rings. The van der Waals surface area contributed by atoms with E-state index in [4.69, 9.17) is 4.74 Å². The van der Waals surface area contributed by atoms with Crippen molar-refractivity contribution in [3.05, 3.63) is 65.5 Å². The van der Waals surface area contributed by atoms with Crippen molar-refractivity contribution < 1.29 is 9.13 Å². The molecule has 3 rings (SSSR count). The molecule has 0 aromatic heterocycles. The van der Waals surface area contributed by atoms with Gasteiger partial charge in [-0.2, -0.15) is 0 Å². The van der Waals surface area contributed by atoms with Gasteiger partial charge in [0.2, 0.25) is 0 Å². The van der Waals surface area contributed by atoms with Crippen molar-refractivity contribution in [1.29, 1.82) is 0 Å². The first kappa shape index (κ1) is 17.0. The average molecular weight is 327 g/mol. The highest BCUT2D eigenvalue weighted by atomic mass is 19.1. The lowest BCUT2D eigenvalue weighted by Crippen LogP contribution is -2.28. The maximum Gasteiger partial charge on any atom is 0.129 e. The molecule has 0 unspecified atom stereocenters. The minimum atomic E-state index is -0.216. The molecule has 0 saturated heterocycles. The SMILES string of the molecule is Fc1ccccc1COc1ccccc1CNC1CCCCCC1. The number of ether oxygens (including phenoxy) is 1. The maximum atomic E-state index is 13.7. The molecule has 2 aromatic rings. The molecule has 1 aliphatic carbocycles. The van der Waals surface area contributed by atoms with Crippen LogP contribution in [-0.4, -0.2) is 6.04 Å². The van der Waals surface area contributed by atoms with Crippen molar-refractivity contribution in [1.82, 2.24) is 5.32 Å². The summed E-state index contributed by atoms with van der Waals surface area (Å²) in [5.74, 6) is 0.619. The van der Waals surface area contributed by atoms with Crippen molar-refractivity contribution in [3.8, 4) is 5.75 Å². The second-order valence-electron chi connectivity index (χ2n) is 6.56. The van der Waals surface area contributed by atoms with Crippen molar-refractivity contribution in [2.24, 2.45) is 0 Å². The highest BCUT2D eigenvalue weighted by molar-refractivity contribution is 5.33. The summed E-state index contributed by atoms with van der Waals surface area (Å²) in [5.41, 5.74) is 1.72. The van der Waals surface area contributed by atoms with Crippen LogP contribution in [-0.2, 0) is 13.2 Å². The summed E-state index contributed by atoms with van der Waals surface area (Å²) in [4.78, 5) is 0. The second-order valence-corrected chi connectivity index (χ2v) is 6.56. The van der Waals surface area contributed by atoms with E-state index in [0.717, 1.165) is 17.9 Å². The van der Waals surface area contributed by atoms with E-state index in [2.05, 4.69) is 11.4 Å². The Labute approximate surface area is 144 Å². The summed E-state index contributed by atoms with van der Waals surface area (Å²) >= 11 is 0. The first-order valence-electron chi connectivity index (χ1n) is 9.00. The lowest BCUT2D eigenvalue weighted by Gasteiger charge is -2.18. The Morgan fingerprint density at radius 2 is 1.54 bits per heavy atom. The van der Waals surface area contributed by atoms with Crippen molar-refractivity contribution in [2.45, 2.75) is 57.7 Å². The molecular weight excluding hydrogens is 301 g/mol. The van der Waals surface area contributed by atoms with Gasteiger partial charge in [-0.3, -0.25) is 0 Å². The van der Waals surface area contributed by atoms with Crippen LogP contribution in [0.15, 0.2) is 48.5 Å². The van der Waals surface area contributed by atoms with Gasteiger partial charge in [0.1, 0.15) is 18.2 Å². The zero-order valence-electron chi connectivity index (χ0n) is 14.1. The lowest BCUT2D eigenvalue weighted by molar-refractivity contribution is 0.295.